The van der Waals surface area contributed by atoms with Crippen molar-refractivity contribution in [2.75, 3.05) is 6.61 Å². The number of H-pyrrole nitrogens is 1. The molecule has 0 fully saturated rings. The molecule has 0 bridgehead atoms. The molecule has 22 heavy (non-hydrogen) atoms. The Hall–Kier alpha value is -1.33. The lowest BCUT2D eigenvalue weighted by Crippen LogP contribution is -2.38. The summed E-state index contributed by atoms with van der Waals surface area (Å²) in [5.74, 6) is -0.818. The molecule has 1 aromatic carbocycles. The monoisotopic (exact) mass is 365 g/mol. The highest BCUT2D eigenvalue weighted by molar-refractivity contribution is 9.10. The summed E-state index contributed by atoms with van der Waals surface area (Å²) in [6.07, 6.45) is 3.51. The van der Waals surface area contributed by atoms with E-state index < -0.39 is 11.6 Å². The fourth-order valence-corrected chi connectivity index (χ4v) is 4.07. The lowest BCUT2D eigenvalue weighted by atomic mass is 9.84. The average Bonchev–Trinajstić information content (AvgIpc) is 2.86. The Kier molecular flexibility index (Phi) is 4.28. The van der Waals surface area contributed by atoms with E-state index in [0.717, 1.165) is 46.8 Å². The molecule has 118 valence electrons. The van der Waals surface area contributed by atoms with Crippen molar-refractivity contribution in [2.24, 2.45) is 0 Å². The number of benzene rings is 1. The Labute approximate surface area is 138 Å². The van der Waals surface area contributed by atoms with Crippen LogP contribution in [0.5, 0.6) is 0 Å². The number of aromatic nitrogens is 1. The van der Waals surface area contributed by atoms with E-state index in [2.05, 4.69) is 27.8 Å². The molecular weight excluding hydrogens is 346 g/mol. The van der Waals surface area contributed by atoms with Crippen LogP contribution in [-0.2, 0) is 21.6 Å². The highest BCUT2D eigenvalue weighted by atomic mass is 79.9. The molecule has 1 unspecified atom stereocenters. The molecule has 4 nitrogen and oxygen atoms in total. The summed E-state index contributed by atoms with van der Waals surface area (Å²) in [7, 11) is 0. The summed E-state index contributed by atoms with van der Waals surface area (Å²) in [6, 6.07) is 6.04. The number of fused-ring (bicyclic) bond motifs is 3. The summed E-state index contributed by atoms with van der Waals surface area (Å²) in [5, 5.41) is 10.5. The predicted molar refractivity (Wildman–Crippen MR) is 89.1 cm³/mol. The number of hydrogen-bond acceptors (Lipinski definition) is 2. The minimum Gasteiger partial charge on any atom is -0.481 e. The van der Waals surface area contributed by atoms with Gasteiger partial charge in [-0.15, -0.1) is 0 Å². The van der Waals surface area contributed by atoms with Gasteiger partial charge in [-0.2, -0.15) is 0 Å². The van der Waals surface area contributed by atoms with Crippen molar-refractivity contribution in [3.8, 4) is 0 Å². The number of aromatic amines is 1. The molecule has 5 heteroatoms. The van der Waals surface area contributed by atoms with Crippen LogP contribution in [-0.4, -0.2) is 22.7 Å². The Balaban J connectivity index is 2.17. The lowest BCUT2D eigenvalue weighted by molar-refractivity contribution is -0.149. The van der Waals surface area contributed by atoms with Crippen LogP contribution in [0.3, 0.4) is 0 Å². The highest BCUT2D eigenvalue weighted by Gasteiger charge is 2.41. The van der Waals surface area contributed by atoms with E-state index in [4.69, 9.17) is 4.74 Å². The standard InChI is InChI=1S/C17H20BrNO3/c1-2-3-8-17(10-14(20)21)16-11(7-9-22-17)15-12(18)5-4-6-13(15)19-16/h4-6,19H,2-3,7-10H2,1H3,(H,20,21). The van der Waals surface area contributed by atoms with E-state index in [1.54, 1.807) is 0 Å². The molecule has 0 radical (unpaired) electrons. The average molecular weight is 366 g/mol. The van der Waals surface area contributed by atoms with Gasteiger partial charge in [-0.05, 0) is 30.5 Å². The van der Waals surface area contributed by atoms with Crippen LogP contribution in [0, 0.1) is 0 Å². The topological polar surface area (TPSA) is 62.3 Å². The van der Waals surface area contributed by atoms with Crippen molar-refractivity contribution >= 4 is 32.8 Å². The number of carboxylic acids is 1. The third kappa shape index (κ3) is 2.57. The lowest BCUT2D eigenvalue weighted by Gasteiger charge is -2.36. The summed E-state index contributed by atoms with van der Waals surface area (Å²) in [5.41, 5.74) is 2.46. The first-order valence-electron chi connectivity index (χ1n) is 7.72. The van der Waals surface area contributed by atoms with Crippen molar-refractivity contribution < 1.29 is 14.6 Å². The number of ether oxygens (including phenoxy) is 1. The van der Waals surface area contributed by atoms with Gasteiger partial charge in [0.15, 0.2) is 0 Å². The van der Waals surface area contributed by atoms with Gasteiger partial charge in [0.05, 0.1) is 18.7 Å². The molecule has 0 aliphatic carbocycles. The van der Waals surface area contributed by atoms with Crippen molar-refractivity contribution in [2.45, 2.75) is 44.6 Å². The quantitative estimate of drug-likeness (QED) is 0.826. The maximum Gasteiger partial charge on any atom is 0.306 e. The molecule has 2 heterocycles. The zero-order valence-electron chi connectivity index (χ0n) is 12.6. The molecule has 3 rings (SSSR count). The number of nitrogens with one attached hydrogen (secondary N) is 1. The SMILES string of the molecule is CCCCC1(CC(=O)O)OCCc2c1[nH]c1cccc(Br)c21. The molecule has 1 aliphatic heterocycles. The van der Waals surface area contributed by atoms with E-state index in [1.807, 2.05) is 18.2 Å². The van der Waals surface area contributed by atoms with Crippen molar-refractivity contribution in [3.63, 3.8) is 0 Å². The maximum absolute atomic E-state index is 11.4. The third-order valence-electron chi connectivity index (χ3n) is 4.43. The van der Waals surface area contributed by atoms with Gasteiger partial charge in [0.2, 0.25) is 0 Å². The fourth-order valence-electron chi connectivity index (χ4n) is 3.46. The third-order valence-corrected chi connectivity index (χ3v) is 5.09. The number of carbonyl (C=O) groups is 1. The second-order valence-electron chi connectivity index (χ2n) is 5.91. The summed E-state index contributed by atoms with van der Waals surface area (Å²) >= 11 is 3.62. The van der Waals surface area contributed by atoms with Gasteiger partial charge in [-0.25, -0.2) is 0 Å². The molecule has 0 spiro atoms. The van der Waals surface area contributed by atoms with Crippen LogP contribution in [0.15, 0.2) is 22.7 Å². The van der Waals surface area contributed by atoms with Crippen LogP contribution in [0.1, 0.15) is 43.9 Å². The first-order chi connectivity index (χ1) is 10.6. The Morgan fingerprint density at radius 2 is 2.32 bits per heavy atom. The molecule has 0 amide bonds. The number of unbranched alkanes of at least 4 members (excludes halogenated alkanes) is 1. The normalized spacial score (nSPS) is 21.0. The Morgan fingerprint density at radius 1 is 1.50 bits per heavy atom. The van der Waals surface area contributed by atoms with Crippen molar-refractivity contribution in [1.29, 1.82) is 0 Å². The summed E-state index contributed by atoms with van der Waals surface area (Å²) in [6.45, 7) is 2.68. The zero-order valence-corrected chi connectivity index (χ0v) is 14.2. The van der Waals surface area contributed by atoms with Gasteiger partial charge >= 0.3 is 5.97 Å². The van der Waals surface area contributed by atoms with Crippen LogP contribution < -0.4 is 0 Å². The number of aliphatic carboxylic acids is 1. The number of halogens is 1. The number of carboxylic acid groups (broad SMARTS) is 1. The van der Waals surface area contributed by atoms with Gasteiger partial charge < -0.3 is 14.8 Å². The molecule has 1 aliphatic rings. The minimum atomic E-state index is -0.818. The maximum atomic E-state index is 11.4. The molecule has 2 aromatic rings. The molecular formula is C17H20BrNO3. The molecule has 0 saturated heterocycles. The van der Waals surface area contributed by atoms with E-state index in [9.17, 15) is 9.90 Å². The van der Waals surface area contributed by atoms with Gasteiger partial charge in [-0.1, -0.05) is 41.8 Å². The van der Waals surface area contributed by atoms with Gasteiger partial charge in [0.1, 0.15) is 5.60 Å². The highest BCUT2D eigenvalue weighted by Crippen LogP contribution is 2.44. The second-order valence-corrected chi connectivity index (χ2v) is 6.76. The second kappa shape index (κ2) is 6.05. The van der Waals surface area contributed by atoms with E-state index in [0.29, 0.717) is 6.61 Å². The first kappa shape index (κ1) is 15.6. The molecule has 2 N–H and O–H groups in total. The number of rotatable bonds is 5. The van der Waals surface area contributed by atoms with Crippen LogP contribution in [0.4, 0.5) is 0 Å². The van der Waals surface area contributed by atoms with E-state index in [1.165, 1.54) is 5.56 Å². The predicted octanol–water partition coefficient (Wildman–Crippen LogP) is 4.36. The van der Waals surface area contributed by atoms with Crippen molar-refractivity contribution in [3.05, 3.63) is 33.9 Å². The first-order valence-corrected chi connectivity index (χ1v) is 8.52. The van der Waals surface area contributed by atoms with Gasteiger partial charge in [0, 0.05) is 15.4 Å². The van der Waals surface area contributed by atoms with E-state index >= 15 is 0 Å². The van der Waals surface area contributed by atoms with E-state index in [-0.39, 0.29) is 6.42 Å². The van der Waals surface area contributed by atoms with Crippen LogP contribution >= 0.6 is 15.9 Å². The van der Waals surface area contributed by atoms with Crippen LogP contribution in [0.2, 0.25) is 0 Å². The number of hydrogen-bond donors (Lipinski definition) is 2. The van der Waals surface area contributed by atoms with Gasteiger partial charge in [-0.3, -0.25) is 4.79 Å². The fraction of sp³-hybridized carbons (Fsp3) is 0.471. The molecule has 1 atom stereocenters. The summed E-state index contributed by atoms with van der Waals surface area (Å²) < 4.78 is 7.09. The smallest absolute Gasteiger partial charge is 0.306 e. The van der Waals surface area contributed by atoms with Crippen molar-refractivity contribution in [1.82, 2.24) is 4.98 Å². The summed E-state index contributed by atoms with van der Waals surface area (Å²) in [4.78, 5) is 14.9. The molecule has 1 aromatic heterocycles. The Bertz CT molecular complexity index is 709. The molecule has 0 saturated carbocycles. The minimum absolute atomic E-state index is 0.00441. The largest absolute Gasteiger partial charge is 0.481 e. The Morgan fingerprint density at radius 3 is 3.05 bits per heavy atom. The van der Waals surface area contributed by atoms with Crippen LogP contribution in [0.25, 0.3) is 10.9 Å². The van der Waals surface area contributed by atoms with Gasteiger partial charge in [0.25, 0.3) is 0 Å². The zero-order chi connectivity index (χ0) is 15.7.